The summed E-state index contributed by atoms with van der Waals surface area (Å²) in [6.07, 6.45) is 1.31. The van der Waals surface area contributed by atoms with Crippen LogP contribution in [0.1, 0.15) is 9.67 Å². The van der Waals surface area contributed by atoms with Gasteiger partial charge in [-0.15, -0.1) is 0 Å². The zero-order valence-electron chi connectivity index (χ0n) is 12.7. The van der Waals surface area contributed by atoms with E-state index in [4.69, 9.17) is 28.3 Å². The van der Waals surface area contributed by atoms with Gasteiger partial charge in [-0.25, -0.2) is 18.2 Å². The van der Waals surface area contributed by atoms with Crippen LogP contribution in [0.4, 0.5) is 5.13 Å². The van der Waals surface area contributed by atoms with E-state index in [-0.39, 0.29) is 27.9 Å². The van der Waals surface area contributed by atoms with Crippen LogP contribution in [0.3, 0.4) is 0 Å². The van der Waals surface area contributed by atoms with Gasteiger partial charge in [-0.1, -0.05) is 34.5 Å². The number of hydrogen-bond donors (Lipinski definition) is 1. The van der Waals surface area contributed by atoms with E-state index in [1.54, 1.807) is 0 Å². The number of carboxylic acids is 1. The van der Waals surface area contributed by atoms with Crippen molar-refractivity contribution < 1.29 is 18.3 Å². The van der Waals surface area contributed by atoms with Crippen LogP contribution in [0.25, 0.3) is 0 Å². The second kappa shape index (κ2) is 7.08. The van der Waals surface area contributed by atoms with Crippen LogP contribution < -0.4 is 4.90 Å². The van der Waals surface area contributed by atoms with Gasteiger partial charge in [0.15, 0.2) is 5.13 Å². The summed E-state index contributed by atoms with van der Waals surface area (Å²) in [6, 6.07) is 4.22. The first-order valence-corrected chi connectivity index (χ1v) is 10.2. The zero-order valence-corrected chi connectivity index (χ0v) is 15.9. The number of benzene rings is 1. The summed E-state index contributed by atoms with van der Waals surface area (Å²) >= 11 is 12.8. The predicted molar refractivity (Wildman–Crippen MR) is 96.5 cm³/mol. The number of aromatic carboxylic acids is 1. The van der Waals surface area contributed by atoms with E-state index >= 15 is 0 Å². The number of halogens is 2. The molecule has 134 valence electrons. The Kier molecular flexibility index (Phi) is 5.21. The molecule has 2 aromatic rings. The number of anilines is 1. The van der Waals surface area contributed by atoms with Gasteiger partial charge < -0.3 is 10.0 Å². The van der Waals surface area contributed by atoms with E-state index in [1.807, 2.05) is 4.90 Å². The molecular weight excluding hydrogens is 409 g/mol. The van der Waals surface area contributed by atoms with Crippen molar-refractivity contribution in [3.63, 3.8) is 0 Å². The van der Waals surface area contributed by atoms with Gasteiger partial charge in [0, 0.05) is 26.2 Å². The fraction of sp³-hybridized carbons (Fsp3) is 0.286. The normalized spacial score (nSPS) is 16.2. The summed E-state index contributed by atoms with van der Waals surface area (Å²) < 4.78 is 26.8. The molecule has 1 N–H and O–H groups in total. The fourth-order valence-electron chi connectivity index (χ4n) is 2.42. The van der Waals surface area contributed by atoms with E-state index in [1.165, 1.54) is 28.7 Å². The van der Waals surface area contributed by atoms with E-state index < -0.39 is 16.0 Å². The maximum atomic E-state index is 12.7. The van der Waals surface area contributed by atoms with Gasteiger partial charge in [0.2, 0.25) is 10.0 Å². The Labute approximate surface area is 158 Å². The van der Waals surface area contributed by atoms with Crippen LogP contribution >= 0.6 is 34.5 Å². The summed E-state index contributed by atoms with van der Waals surface area (Å²) in [5, 5.41) is 10.0. The highest BCUT2D eigenvalue weighted by molar-refractivity contribution is 7.89. The molecule has 0 atom stereocenters. The highest BCUT2D eigenvalue weighted by Gasteiger charge is 2.30. The van der Waals surface area contributed by atoms with Crippen molar-refractivity contribution in [2.45, 2.75) is 4.90 Å². The topological polar surface area (TPSA) is 90.8 Å². The molecule has 1 aliphatic heterocycles. The molecule has 0 unspecified atom stereocenters. The number of rotatable bonds is 4. The number of piperazine rings is 1. The van der Waals surface area contributed by atoms with Crippen LogP contribution in [-0.4, -0.2) is 55.0 Å². The molecule has 0 bridgehead atoms. The lowest BCUT2D eigenvalue weighted by molar-refractivity contribution is 0.0702. The lowest BCUT2D eigenvalue weighted by Crippen LogP contribution is -2.48. The monoisotopic (exact) mass is 421 g/mol. The molecular formula is C14H13Cl2N3O4S2. The van der Waals surface area contributed by atoms with E-state index in [2.05, 4.69) is 4.98 Å². The van der Waals surface area contributed by atoms with Gasteiger partial charge in [-0.05, 0) is 18.2 Å². The molecule has 1 fully saturated rings. The molecule has 1 aromatic heterocycles. The molecule has 1 saturated heterocycles. The Morgan fingerprint density at radius 2 is 1.84 bits per heavy atom. The minimum atomic E-state index is -3.66. The van der Waals surface area contributed by atoms with Gasteiger partial charge in [-0.2, -0.15) is 4.31 Å². The first-order valence-electron chi connectivity index (χ1n) is 7.18. The van der Waals surface area contributed by atoms with E-state index in [0.29, 0.717) is 23.2 Å². The van der Waals surface area contributed by atoms with Crippen molar-refractivity contribution in [1.29, 1.82) is 0 Å². The average Bonchev–Trinajstić information content (AvgIpc) is 3.08. The zero-order chi connectivity index (χ0) is 18.2. The Balaban J connectivity index is 1.72. The summed E-state index contributed by atoms with van der Waals surface area (Å²) in [6.45, 7) is 1.38. The summed E-state index contributed by atoms with van der Waals surface area (Å²) in [4.78, 5) is 17.1. The Hall–Kier alpha value is -1.39. The lowest BCUT2D eigenvalue weighted by Gasteiger charge is -2.33. The minimum Gasteiger partial charge on any atom is -0.477 e. The summed E-state index contributed by atoms with van der Waals surface area (Å²) in [5.74, 6) is -1.02. The highest BCUT2D eigenvalue weighted by atomic mass is 35.5. The molecule has 0 spiro atoms. The lowest BCUT2D eigenvalue weighted by atomic mass is 10.4. The fourth-order valence-corrected chi connectivity index (χ4v) is 5.03. The first kappa shape index (κ1) is 18.4. The number of nitrogens with zero attached hydrogens (tertiary/aromatic N) is 3. The van der Waals surface area contributed by atoms with Gasteiger partial charge in [0.1, 0.15) is 4.88 Å². The largest absolute Gasteiger partial charge is 0.477 e. The third-order valence-corrected chi connectivity index (χ3v) is 7.42. The smallest absolute Gasteiger partial charge is 0.347 e. The van der Waals surface area contributed by atoms with Gasteiger partial charge >= 0.3 is 5.97 Å². The second-order valence-corrected chi connectivity index (χ2v) is 9.04. The van der Waals surface area contributed by atoms with Crippen molar-refractivity contribution in [2.75, 3.05) is 31.1 Å². The molecule has 7 nitrogen and oxygen atoms in total. The molecule has 0 radical (unpaired) electrons. The van der Waals surface area contributed by atoms with Crippen molar-refractivity contribution in [2.24, 2.45) is 0 Å². The average molecular weight is 422 g/mol. The van der Waals surface area contributed by atoms with E-state index in [0.717, 1.165) is 11.3 Å². The molecule has 0 amide bonds. The number of thiazole rings is 1. The number of sulfonamides is 1. The standard InChI is InChI=1S/C14H13Cl2N3O4S2/c15-10-2-1-9(7-11(10)16)25(22,23)19-5-3-18(4-6-19)14-17-8-12(24-14)13(20)21/h1-2,7-8H,3-6H2,(H,20,21). The van der Waals surface area contributed by atoms with Crippen LogP contribution in [0, 0.1) is 0 Å². The summed E-state index contributed by atoms with van der Waals surface area (Å²) in [7, 11) is -3.66. The Morgan fingerprint density at radius 1 is 1.16 bits per heavy atom. The van der Waals surface area contributed by atoms with Crippen molar-refractivity contribution in [3.8, 4) is 0 Å². The molecule has 1 aromatic carbocycles. The highest BCUT2D eigenvalue weighted by Crippen LogP contribution is 2.28. The Morgan fingerprint density at radius 3 is 2.40 bits per heavy atom. The van der Waals surface area contributed by atoms with Gasteiger partial charge in [-0.3, -0.25) is 0 Å². The third kappa shape index (κ3) is 3.75. The van der Waals surface area contributed by atoms with Crippen molar-refractivity contribution in [1.82, 2.24) is 9.29 Å². The number of hydrogen-bond acceptors (Lipinski definition) is 6. The number of carboxylic acid groups (broad SMARTS) is 1. The quantitative estimate of drug-likeness (QED) is 0.815. The summed E-state index contributed by atoms with van der Waals surface area (Å²) in [5.41, 5.74) is 0. The van der Waals surface area contributed by atoms with Gasteiger partial charge in [0.05, 0.1) is 21.1 Å². The van der Waals surface area contributed by atoms with Crippen molar-refractivity contribution in [3.05, 3.63) is 39.3 Å². The van der Waals surface area contributed by atoms with Crippen molar-refractivity contribution >= 4 is 55.7 Å². The molecule has 0 saturated carbocycles. The minimum absolute atomic E-state index is 0.0952. The third-order valence-electron chi connectivity index (χ3n) is 3.74. The SMILES string of the molecule is O=C(O)c1cnc(N2CCN(S(=O)(=O)c3ccc(Cl)c(Cl)c3)CC2)s1. The number of aromatic nitrogens is 1. The number of carbonyl (C=O) groups is 1. The van der Waals surface area contributed by atoms with Crippen LogP contribution in [0.15, 0.2) is 29.3 Å². The van der Waals surface area contributed by atoms with Gasteiger partial charge in [0.25, 0.3) is 0 Å². The van der Waals surface area contributed by atoms with Crippen LogP contribution in [0.2, 0.25) is 10.0 Å². The predicted octanol–water partition coefficient (Wildman–Crippen LogP) is 2.66. The second-order valence-electron chi connectivity index (χ2n) is 5.28. The maximum absolute atomic E-state index is 12.7. The van der Waals surface area contributed by atoms with Crippen LogP contribution in [0.5, 0.6) is 0 Å². The maximum Gasteiger partial charge on any atom is 0.347 e. The molecule has 11 heteroatoms. The van der Waals surface area contributed by atoms with Crippen LogP contribution in [-0.2, 0) is 10.0 Å². The molecule has 25 heavy (non-hydrogen) atoms. The Bertz CT molecular complexity index is 909. The molecule has 0 aliphatic carbocycles. The van der Waals surface area contributed by atoms with E-state index in [9.17, 15) is 13.2 Å². The molecule has 2 heterocycles. The molecule has 3 rings (SSSR count). The molecule has 1 aliphatic rings. The first-order chi connectivity index (χ1) is 11.8.